The molecule has 1 N–H and O–H groups in total. The van der Waals surface area contributed by atoms with Crippen molar-refractivity contribution in [2.75, 3.05) is 19.8 Å². The van der Waals surface area contributed by atoms with E-state index in [1.165, 1.54) is 11.1 Å². The monoisotopic (exact) mass is 403 g/mol. The van der Waals surface area contributed by atoms with Crippen LogP contribution >= 0.6 is 11.6 Å². The Bertz CT molecular complexity index is 840. The van der Waals surface area contributed by atoms with Gasteiger partial charge >= 0.3 is 0 Å². The van der Waals surface area contributed by atoms with E-state index in [0.29, 0.717) is 18.1 Å². The van der Waals surface area contributed by atoms with E-state index in [1.807, 2.05) is 25.5 Å². The summed E-state index contributed by atoms with van der Waals surface area (Å²) in [6, 6.07) is 8.61. The Hall–Kier alpha value is -1.85. The van der Waals surface area contributed by atoms with Crippen molar-refractivity contribution in [3.8, 4) is 0 Å². The maximum Gasteiger partial charge on any atom is 0.224 e. The molecule has 3 rings (SSSR count). The number of carbonyl (C=O) groups excluding carboxylic acids is 1. The summed E-state index contributed by atoms with van der Waals surface area (Å²) >= 11 is 6.23. The van der Waals surface area contributed by atoms with Gasteiger partial charge in [-0.1, -0.05) is 48.4 Å². The number of nitrogens with zero attached hydrogens (tertiary/aromatic N) is 2. The number of aromatic nitrogens is 2. The minimum atomic E-state index is -0.191. The van der Waals surface area contributed by atoms with Crippen molar-refractivity contribution in [1.29, 1.82) is 0 Å². The molecule has 0 aliphatic carbocycles. The largest absolute Gasteiger partial charge is 0.381 e. The van der Waals surface area contributed by atoms with Crippen LogP contribution in [0.25, 0.3) is 0 Å². The lowest BCUT2D eigenvalue weighted by atomic mass is 9.73. The van der Waals surface area contributed by atoms with E-state index in [4.69, 9.17) is 16.3 Å². The van der Waals surface area contributed by atoms with E-state index in [2.05, 4.69) is 41.6 Å². The summed E-state index contributed by atoms with van der Waals surface area (Å²) in [5.74, 6) is -0.148. The smallest absolute Gasteiger partial charge is 0.224 e. The molecule has 1 aromatic heterocycles. The molecule has 2 aromatic rings. The van der Waals surface area contributed by atoms with Crippen LogP contribution in [0.3, 0.4) is 0 Å². The third-order valence-electron chi connectivity index (χ3n) is 5.87. The van der Waals surface area contributed by atoms with Crippen LogP contribution in [0.4, 0.5) is 0 Å². The van der Waals surface area contributed by atoms with Crippen molar-refractivity contribution in [2.45, 2.75) is 52.5 Å². The third-order valence-corrected chi connectivity index (χ3v) is 6.42. The SMILES string of the molecule is Cc1cccc(C2(CNC(=O)C(C)Cn3nc(C)c(Cl)c3C)CCOCC2)c1. The van der Waals surface area contributed by atoms with Crippen LogP contribution < -0.4 is 5.32 Å². The number of benzene rings is 1. The van der Waals surface area contributed by atoms with Gasteiger partial charge in [0.2, 0.25) is 5.91 Å². The molecule has 0 spiro atoms. The fourth-order valence-electron chi connectivity index (χ4n) is 3.93. The summed E-state index contributed by atoms with van der Waals surface area (Å²) in [5.41, 5.74) is 4.16. The summed E-state index contributed by atoms with van der Waals surface area (Å²) in [4.78, 5) is 12.8. The number of rotatable bonds is 6. The maximum absolute atomic E-state index is 12.8. The number of amides is 1. The van der Waals surface area contributed by atoms with Crippen molar-refractivity contribution in [3.05, 3.63) is 51.8 Å². The molecule has 0 saturated carbocycles. The van der Waals surface area contributed by atoms with E-state index in [-0.39, 0.29) is 17.2 Å². The number of ether oxygens (including phenoxy) is 1. The number of nitrogens with one attached hydrogen (secondary N) is 1. The third kappa shape index (κ3) is 4.41. The summed E-state index contributed by atoms with van der Waals surface area (Å²) in [5, 5.41) is 8.32. The zero-order valence-corrected chi connectivity index (χ0v) is 18.0. The van der Waals surface area contributed by atoms with Crippen LogP contribution in [0.2, 0.25) is 5.02 Å². The van der Waals surface area contributed by atoms with E-state index >= 15 is 0 Å². The minimum absolute atomic E-state index is 0.0437. The highest BCUT2D eigenvalue weighted by Crippen LogP contribution is 2.34. The molecule has 1 aliphatic rings. The lowest BCUT2D eigenvalue weighted by molar-refractivity contribution is -0.125. The van der Waals surface area contributed by atoms with E-state index < -0.39 is 0 Å². The Labute approximate surface area is 172 Å². The Morgan fingerprint density at radius 1 is 1.32 bits per heavy atom. The predicted octanol–water partition coefficient (Wildman–Crippen LogP) is 3.96. The van der Waals surface area contributed by atoms with Gasteiger partial charge in [-0.2, -0.15) is 5.10 Å². The first-order valence-electron chi connectivity index (χ1n) is 9.94. The highest BCUT2D eigenvalue weighted by atomic mass is 35.5. The summed E-state index contributed by atoms with van der Waals surface area (Å²) in [6.45, 7) is 10.5. The number of hydrogen-bond donors (Lipinski definition) is 1. The fourth-order valence-corrected chi connectivity index (χ4v) is 4.07. The van der Waals surface area contributed by atoms with Gasteiger partial charge < -0.3 is 10.1 Å². The first-order chi connectivity index (χ1) is 13.3. The molecule has 1 unspecified atom stereocenters. The summed E-state index contributed by atoms with van der Waals surface area (Å²) in [6.07, 6.45) is 1.83. The van der Waals surface area contributed by atoms with E-state index in [1.54, 1.807) is 0 Å². The molecular weight excluding hydrogens is 374 g/mol. The Morgan fingerprint density at radius 3 is 2.64 bits per heavy atom. The van der Waals surface area contributed by atoms with Gasteiger partial charge in [-0.3, -0.25) is 9.48 Å². The number of hydrogen-bond acceptors (Lipinski definition) is 3. The predicted molar refractivity (Wildman–Crippen MR) is 112 cm³/mol. The van der Waals surface area contributed by atoms with Crippen LogP contribution in [0.1, 0.15) is 42.3 Å². The van der Waals surface area contributed by atoms with Gasteiger partial charge in [-0.15, -0.1) is 0 Å². The van der Waals surface area contributed by atoms with Crippen molar-refractivity contribution in [1.82, 2.24) is 15.1 Å². The lowest BCUT2D eigenvalue weighted by Crippen LogP contribution is -2.46. The topological polar surface area (TPSA) is 56.2 Å². The van der Waals surface area contributed by atoms with Crippen LogP contribution in [0.15, 0.2) is 24.3 Å². The quantitative estimate of drug-likeness (QED) is 0.794. The van der Waals surface area contributed by atoms with Crippen LogP contribution in [-0.4, -0.2) is 35.4 Å². The molecule has 2 heterocycles. The van der Waals surface area contributed by atoms with Gasteiger partial charge in [0.25, 0.3) is 0 Å². The zero-order valence-electron chi connectivity index (χ0n) is 17.2. The van der Waals surface area contributed by atoms with Crippen molar-refractivity contribution < 1.29 is 9.53 Å². The number of carbonyl (C=O) groups is 1. The zero-order chi connectivity index (χ0) is 20.3. The average Bonchev–Trinajstić information content (AvgIpc) is 2.93. The van der Waals surface area contributed by atoms with Crippen molar-refractivity contribution in [2.24, 2.45) is 5.92 Å². The first kappa shape index (κ1) is 20.9. The Morgan fingerprint density at radius 2 is 2.04 bits per heavy atom. The molecule has 1 aliphatic heterocycles. The van der Waals surface area contributed by atoms with Crippen LogP contribution in [-0.2, 0) is 21.5 Å². The summed E-state index contributed by atoms with van der Waals surface area (Å²) in [7, 11) is 0. The van der Waals surface area contributed by atoms with Gasteiger partial charge in [-0.25, -0.2) is 0 Å². The minimum Gasteiger partial charge on any atom is -0.381 e. The Kier molecular flexibility index (Phi) is 6.46. The second-order valence-electron chi connectivity index (χ2n) is 8.05. The lowest BCUT2D eigenvalue weighted by Gasteiger charge is -2.38. The van der Waals surface area contributed by atoms with Gasteiger partial charge in [0.05, 0.1) is 28.9 Å². The van der Waals surface area contributed by atoms with Crippen LogP contribution in [0, 0.1) is 26.7 Å². The van der Waals surface area contributed by atoms with E-state index in [0.717, 1.165) is 37.4 Å². The highest BCUT2D eigenvalue weighted by molar-refractivity contribution is 6.31. The molecule has 1 saturated heterocycles. The Balaban J connectivity index is 1.69. The molecule has 5 nitrogen and oxygen atoms in total. The molecule has 1 atom stereocenters. The molecule has 6 heteroatoms. The molecule has 1 fully saturated rings. The first-order valence-corrected chi connectivity index (χ1v) is 10.3. The van der Waals surface area contributed by atoms with Gasteiger partial charge in [-0.05, 0) is 39.2 Å². The maximum atomic E-state index is 12.8. The molecule has 1 amide bonds. The summed E-state index contributed by atoms with van der Waals surface area (Å²) < 4.78 is 7.43. The van der Waals surface area contributed by atoms with Gasteiger partial charge in [0, 0.05) is 25.2 Å². The number of aryl methyl sites for hydroxylation is 2. The highest BCUT2D eigenvalue weighted by Gasteiger charge is 2.35. The number of halogens is 1. The molecular formula is C22H30ClN3O2. The van der Waals surface area contributed by atoms with Gasteiger partial charge in [0.1, 0.15) is 0 Å². The molecule has 0 bridgehead atoms. The normalized spacial score (nSPS) is 17.3. The van der Waals surface area contributed by atoms with Gasteiger partial charge in [0.15, 0.2) is 0 Å². The molecule has 1 aromatic carbocycles. The second kappa shape index (κ2) is 8.66. The molecule has 0 radical (unpaired) electrons. The molecule has 28 heavy (non-hydrogen) atoms. The fraction of sp³-hybridized carbons (Fsp3) is 0.545. The van der Waals surface area contributed by atoms with Crippen molar-refractivity contribution in [3.63, 3.8) is 0 Å². The van der Waals surface area contributed by atoms with Crippen molar-refractivity contribution >= 4 is 17.5 Å². The standard InChI is InChI=1S/C22H30ClN3O2/c1-15-6-5-7-19(12-15)22(8-10-28-11-9-22)14-24-21(27)16(2)13-26-18(4)20(23)17(3)25-26/h5-7,12,16H,8-11,13-14H2,1-4H3,(H,24,27). The van der Waals surface area contributed by atoms with Crippen LogP contribution in [0.5, 0.6) is 0 Å². The second-order valence-corrected chi connectivity index (χ2v) is 8.43. The molecule has 152 valence electrons. The average molecular weight is 404 g/mol. The van der Waals surface area contributed by atoms with E-state index in [9.17, 15) is 4.79 Å².